The van der Waals surface area contributed by atoms with Crippen molar-refractivity contribution >= 4 is 17.3 Å². The molecule has 0 radical (unpaired) electrons. The quantitative estimate of drug-likeness (QED) is 0.477. The van der Waals surface area contributed by atoms with Crippen molar-refractivity contribution in [2.24, 2.45) is 0 Å². The zero-order valence-electron chi connectivity index (χ0n) is 11.0. The summed E-state index contributed by atoms with van der Waals surface area (Å²) < 4.78 is 0. The summed E-state index contributed by atoms with van der Waals surface area (Å²) in [4.78, 5) is 24.2. The summed E-state index contributed by atoms with van der Waals surface area (Å²) in [6.45, 7) is 0.112. The SMILES string of the molecule is Nc1ccc(C(=O)N(CCO)C2CCC2)cc1[N+](=O)[O-]. The van der Waals surface area contributed by atoms with Crippen LogP contribution in [0.1, 0.15) is 29.6 Å². The summed E-state index contributed by atoms with van der Waals surface area (Å²) in [5.41, 5.74) is 5.51. The monoisotopic (exact) mass is 279 g/mol. The van der Waals surface area contributed by atoms with Crippen molar-refractivity contribution in [3.05, 3.63) is 33.9 Å². The largest absolute Gasteiger partial charge is 0.395 e. The molecule has 1 aliphatic rings. The molecule has 0 atom stereocenters. The molecule has 0 unspecified atom stereocenters. The van der Waals surface area contributed by atoms with Crippen molar-refractivity contribution in [3.63, 3.8) is 0 Å². The van der Waals surface area contributed by atoms with Crippen LogP contribution in [0.15, 0.2) is 18.2 Å². The fourth-order valence-electron chi connectivity index (χ4n) is 2.26. The second kappa shape index (κ2) is 5.87. The molecule has 1 aromatic carbocycles. The minimum Gasteiger partial charge on any atom is -0.395 e. The Balaban J connectivity index is 2.26. The first-order valence-corrected chi connectivity index (χ1v) is 6.50. The van der Waals surface area contributed by atoms with Crippen LogP contribution in [0, 0.1) is 10.1 Å². The number of nitrogen functional groups attached to an aromatic ring is 1. The molecule has 0 aromatic heterocycles. The Kier molecular flexibility index (Phi) is 4.19. The van der Waals surface area contributed by atoms with Gasteiger partial charge in [-0.25, -0.2) is 0 Å². The summed E-state index contributed by atoms with van der Waals surface area (Å²) in [7, 11) is 0. The van der Waals surface area contributed by atoms with E-state index in [1.54, 1.807) is 4.90 Å². The van der Waals surface area contributed by atoms with Crippen LogP contribution in [-0.4, -0.2) is 40.0 Å². The molecule has 0 saturated heterocycles. The van der Waals surface area contributed by atoms with E-state index in [2.05, 4.69) is 0 Å². The highest BCUT2D eigenvalue weighted by Gasteiger charge is 2.29. The molecule has 1 aliphatic carbocycles. The molecule has 1 fully saturated rings. The Labute approximate surface area is 116 Å². The number of nitrogens with two attached hydrogens (primary N) is 1. The highest BCUT2D eigenvalue weighted by Crippen LogP contribution is 2.28. The van der Waals surface area contributed by atoms with Crippen molar-refractivity contribution < 1.29 is 14.8 Å². The zero-order chi connectivity index (χ0) is 14.7. The molecule has 20 heavy (non-hydrogen) atoms. The van der Waals surface area contributed by atoms with E-state index in [0.717, 1.165) is 19.3 Å². The van der Waals surface area contributed by atoms with E-state index in [1.807, 2.05) is 0 Å². The summed E-state index contributed by atoms with van der Waals surface area (Å²) in [6, 6.07) is 4.16. The average molecular weight is 279 g/mol. The number of hydrogen-bond donors (Lipinski definition) is 2. The second-order valence-corrected chi connectivity index (χ2v) is 4.84. The van der Waals surface area contributed by atoms with Gasteiger partial charge in [0.1, 0.15) is 5.69 Å². The van der Waals surface area contributed by atoms with Gasteiger partial charge in [0.15, 0.2) is 0 Å². The van der Waals surface area contributed by atoms with Crippen LogP contribution in [0.25, 0.3) is 0 Å². The number of nitro benzene ring substituents is 1. The first kappa shape index (κ1) is 14.3. The lowest BCUT2D eigenvalue weighted by Gasteiger charge is -2.37. The van der Waals surface area contributed by atoms with Gasteiger partial charge in [0.25, 0.3) is 11.6 Å². The average Bonchev–Trinajstić information content (AvgIpc) is 2.35. The van der Waals surface area contributed by atoms with Crippen LogP contribution in [0.5, 0.6) is 0 Å². The first-order valence-electron chi connectivity index (χ1n) is 6.50. The Morgan fingerprint density at radius 2 is 2.20 bits per heavy atom. The molecule has 108 valence electrons. The lowest BCUT2D eigenvalue weighted by atomic mass is 9.91. The van der Waals surface area contributed by atoms with Crippen LogP contribution in [0.4, 0.5) is 11.4 Å². The van der Waals surface area contributed by atoms with Crippen molar-refractivity contribution in [2.45, 2.75) is 25.3 Å². The predicted octanol–water partition coefficient (Wildman–Crippen LogP) is 1.16. The maximum atomic E-state index is 12.4. The van der Waals surface area contributed by atoms with Gasteiger partial charge in [0, 0.05) is 24.2 Å². The predicted molar refractivity (Wildman–Crippen MR) is 73.3 cm³/mol. The molecule has 7 heteroatoms. The molecule has 1 amide bonds. The molecule has 0 spiro atoms. The van der Waals surface area contributed by atoms with Gasteiger partial charge in [-0.3, -0.25) is 14.9 Å². The highest BCUT2D eigenvalue weighted by molar-refractivity contribution is 5.96. The van der Waals surface area contributed by atoms with Crippen LogP contribution in [0.2, 0.25) is 0 Å². The van der Waals surface area contributed by atoms with E-state index in [4.69, 9.17) is 10.8 Å². The van der Waals surface area contributed by atoms with Gasteiger partial charge < -0.3 is 15.7 Å². The second-order valence-electron chi connectivity index (χ2n) is 4.84. The van der Waals surface area contributed by atoms with Crippen LogP contribution < -0.4 is 5.73 Å². The molecule has 2 rings (SSSR count). The van der Waals surface area contributed by atoms with Crippen LogP contribution in [-0.2, 0) is 0 Å². The Hall–Kier alpha value is -2.15. The van der Waals surface area contributed by atoms with Crippen LogP contribution in [0.3, 0.4) is 0 Å². The smallest absolute Gasteiger partial charge is 0.292 e. The van der Waals surface area contributed by atoms with Gasteiger partial charge in [-0.2, -0.15) is 0 Å². The maximum Gasteiger partial charge on any atom is 0.292 e. The summed E-state index contributed by atoms with van der Waals surface area (Å²) >= 11 is 0. The zero-order valence-corrected chi connectivity index (χ0v) is 11.0. The lowest BCUT2D eigenvalue weighted by molar-refractivity contribution is -0.383. The number of rotatable bonds is 5. The van der Waals surface area contributed by atoms with Gasteiger partial charge in [0.2, 0.25) is 0 Å². The van der Waals surface area contributed by atoms with Gasteiger partial charge in [-0.05, 0) is 31.4 Å². The van der Waals surface area contributed by atoms with Crippen LogP contribution >= 0.6 is 0 Å². The number of anilines is 1. The fourth-order valence-corrected chi connectivity index (χ4v) is 2.26. The number of aliphatic hydroxyl groups excluding tert-OH is 1. The third kappa shape index (κ3) is 2.72. The molecule has 0 bridgehead atoms. The normalized spacial score (nSPS) is 14.7. The minimum atomic E-state index is -0.605. The number of carbonyl (C=O) groups excluding carboxylic acids is 1. The van der Waals surface area contributed by atoms with E-state index in [1.165, 1.54) is 18.2 Å². The Bertz CT molecular complexity index is 528. The van der Waals surface area contributed by atoms with Crippen molar-refractivity contribution in [2.75, 3.05) is 18.9 Å². The lowest BCUT2D eigenvalue weighted by Crippen LogP contribution is -2.45. The number of hydrogen-bond acceptors (Lipinski definition) is 5. The third-order valence-corrected chi connectivity index (χ3v) is 3.59. The Morgan fingerprint density at radius 3 is 2.70 bits per heavy atom. The minimum absolute atomic E-state index is 0.0314. The molecule has 3 N–H and O–H groups in total. The van der Waals surface area contributed by atoms with Crippen molar-refractivity contribution in [1.82, 2.24) is 4.90 Å². The standard InChI is InChI=1S/C13H17N3O4/c14-11-5-4-9(8-12(11)16(19)20)13(18)15(6-7-17)10-2-1-3-10/h4-5,8,10,17H,1-3,6-7,14H2. The number of aliphatic hydroxyl groups is 1. The number of carbonyl (C=O) groups is 1. The van der Waals surface area contributed by atoms with E-state index >= 15 is 0 Å². The molecule has 7 nitrogen and oxygen atoms in total. The maximum absolute atomic E-state index is 12.4. The van der Waals surface area contributed by atoms with E-state index in [-0.39, 0.29) is 42.0 Å². The molecule has 0 heterocycles. The number of benzene rings is 1. The number of amides is 1. The van der Waals surface area contributed by atoms with Gasteiger partial charge in [-0.1, -0.05) is 0 Å². The van der Waals surface area contributed by atoms with Gasteiger partial charge in [0.05, 0.1) is 11.5 Å². The molecule has 1 aromatic rings. The molecular weight excluding hydrogens is 262 g/mol. The first-order chi connectivity index (χ1) is 9.54. The molecule has 1 saturated carbocycles. The fraction of sp³-hybridized carbons (Fsp3) is 0.462. The summed E-state index contributed by atoms with van der Waals surface area (Å²) in [5, 5.41) is 19.9. The highest BCUT2D eigenvalue weighted by atomic mass is 16.6. The van der Waals surface area contributed by atoms with Crippen molar-refractivity contribution in [1.29, 1.82) is 0 Å². The third-order valence-electron chi connectivity index (χ3n) is 3.59. The summed E-state index contributed by atoms with van der Waals surface area (Å²) in [5.74, 6) is -0.299. The number of nitro groups is 1. The topological polar surface area (TPSA) is 110 Å². The van der Waals surface area contributed by atoms with E-state index in [0.29, 0.717) is 0 Å². The molecular formula is C13H17N3O4. The molecule has 0 aliphatic heterocycles. The Morgan fingerprint density at radius 1 is 1.50 bits per heavy atom. The number of nitrogens with zero attached hydrogens (tertiary/aromatic N) is 2. The van der Waals surface area contributed by atoms with Crippen molar-refractivity contribution in [3.8, 4) is 0 Å². The van der Waals surface area contributed by atoms with Gasteiger partial charge in [-0.15, -0.1) is 0 Å². The van der Waals surface area contributed by atoms with E-state index in [9.17, 15) is 14.9 Å². The van der Waals surface area contributed by atoms with Gasteiger partial charge >= 0.3 is 0 Å². The van der Waals surface area contributed by atoms with E-state index < -0.39 is 4.92 Å². The summed E-state index contributed by atoms with van der Waals surface area (Å²) in [6.07, 6.45) is 2.87.